The van der Waals surface area contributed by atoms with Crippen molar-refractivity contribution in [1.82, 2.24) is 15.0 Å². The van der Waals surface area contributed by atoms with Crippen LogP contribution in [-0.4, -0.2) is 20.7 Å². The number of aryl methyl sites for hydroxylation is 1. The fourth-order valence-electron chi connectivity index (χ4n) is 7.72. The molecular formula is C51H34N4O. The zero-order chi connectivity index (χ0) is 37.6. The Bertz CT molecular complexity index is 3180. The maximum absolute atomic E-state index is 6.65. The van der Waals surface area contributed by atoms with Gasteiger partial charge in [0.25, 0.3) is 0 Å². The lowest BCUT2D eigenvalue weighted by Crippen LogP contribution is -2.05. The molecule has 5 heteroatoms. The van der Waals surface area contributed by atoms with Gasteiger partial charge >= 0.3 is 0 Å². The van der Waals surface area contributed by atoms with Crippen molar-refractivity contribution in [2.45, 2.75) is 6.92 Å². The second-order valence-corrected chi connectivity index (χ2v) is 13.9. The van der Waals surface area contributed by atoms with Crippen LogP contribution in [0.2, 0.25) is 0 Å². The second-order valence-electron chi connectivity index (χ2n) is 13.9. The first-order chi connectivity index (χ1) is 27.6. The van der Waals surface area contributed by atoms with Gasteiger partial charge in [-0.1, -0.05) is 134 Å². The van der Waals surface area contributed by atoms with Gasteiger partial charge in [-0.25, -0.2) is 15.0 Å². The van der Waals surface area contributed by atoms with Crippen LogP contribution in [0.4, 0.5) is 0 Å². The second kappa shape index (κ2) is 13.7. The van der Waals surface area contributed by atoms with Crippen molar-refractivity contribution in [3.05, 3.63) is 205 Å². The number of aromatic nitrogens is 3. The van der Waals surface area contributed by atoms with Crippen LogP contribution >= 0.6 is 0 Å². The van der Waals surface area contributed by atoms with Gasteiger partial charge in [0, 0.05) is 50.2 Å². The number of para-hydroxylation sites is 1. The molecule has 0 atom stereocenters. The molecule has 0 fully saturated rings. The monoisotopic (exact) mass is 718 g/mol. The topological polar surface area (TPSA) is 64.2 Å². The van der Waals surface area contributed by atoms with E-state index in [0.29, 0.717) is 23.0 Å². The van der Waals surface area contributed by atoms with Gasteiger partial charge in [0.15, 0.2) is 11.6 Å². The molecule has 0 aliphatic carbocycles. The Balaban J connectivity index is 1.19. The van der Waals surface area contributed by atoms with E-state index in [1.54, 1.807) is 0 Å². The van der Waals surface area contributed by atoms with Gasteiger partial charge < -0.3 is 4.42 Å². The predicted octanol–water partition coefficient (Wildman–Crippen LogP) is 12.9. The van der Waals surface area contributed by atoms with Crippen molar-refractivity contribution in [1.29, 1.82) is 0 Å². The standard InChI is InChI=1S/C51H34N4O/c1-32-40-20-10-11-24-46(40)56-50(32)49(53-33(2)41-21-8-9-22-42(41)34-14-4-3-5-15-34)38-18-12-17-37(31-38)48-47-43-23-7-6-16-35(43)25-28-45(47)54-51(55-48)39-26-27-44-36(30-39)19-13-29-52-44/h3-31H,2H2,1H3. The summed E-state index contributed by atoms with van der Waals surface area (Å²) in [6.07, 6.45) is 1.81. The molecule has 0 unspecified atom stereocenters. The Kier molecular flexibility index (Phi) is 8.11. The molecule has 0 saturated heterocycles. The van der Waals surface area contributed by atoms with Crippen LogP contribution in [0.25, 0.3) is 83.0 Å². The lowest BCUT2D eigenvalue weighted by molar-refractivity contribution is 0.602. The molecule has 5 nitrogen and oxygen atoms in total. The van der Waals surface area contributed by atoms with Gasteiger partial charge in [0.2, 0.25) is 0 Å². The molecule has 0 spiro atoms. The maximum Gasteiger partial charge on any atom is 0.160 e. The highest BCUT2D eigenvalue weighted by atomic mass is 16.3. The Morgan fingerprint density at radius 3 is 2.23 bits per heavy atom. The molecule has 10 aromatic rings. The van der Waals surface area contributed by atoms with Crippen LogP contribution in [0, 0.1) is 6.92 Å². The Morgan fingerprint density at radius 2 is 1.34 bits per heavy atom. The summed E-state index contributed by atoms with van der Waals surface area (Å²) in [6, 6.07) is 58.0. The highest BCUT2D eigenvalue weighted by Gasteiger charge is 2.21. The average Bonchev–Trinajstić information content (AvgIpc) is 3.60. The van der Waals surface area contributed by atoms with Gasteiger partial charge in [-0.2, -0.15) is 0 Å². The van der Waals surface area contributed by atoms with Crippen molar-refractivity contribution in [3.63, 3.8) is 0 Å². The third-order valence-corrected chi connectivity index (χ3v) is 10.5. The number of fused-ring (bicyclic) bond motifs is 5. The minimum Gasteiger partial charge on any atom is -0.454 e. The molecule has 7 aromatic carbocycles. The van der Waals surface area contributed by atoms with Crippen LogP contribution < -0.4 is 0 Å². The predicted molar refractivity (Wildman–Crippen MR) is 231 cm³/mol. The minimum atomic E-state index is 0.635. The lowest BCUT2D eigenvalue weighted by atomic mass is 9.96. The van der Waals surface area contributed by atoms with Crippen LogP contribution in [0.3, 0.4) is 0 Å². The number of hydrogen-bond donors (Lipinski definition) is 0. The first kappa shape index (κ1) is 33.1. The molecular weight excluding hydrogens is 685 g/mol. The summed E-state index contributed by atoms with van der Waals surface area (Å²) in [5, 5.41) is 5.29. The summed E-state index contributed by atoms with van der Waals surface area (Å²) < 4.78 is 6.65. The molecule has 3 aromatic heterocycles. The molecule has 0 aliphatic rings. The Morgan fingerprint density at radius 1 is 0.589 bits per heavy atom. The SMILES string of the molecule is C=C(N=C(c1cccc(-c2nc(-c3ccc4ncccc4c3)nc3ccc4ccccc4c23)c1)c1oc2ccccc2c1C)c1ccccc1-c1ccccc1. The fraction of sp³-hybridized carbons (Fsp3) is 0.0196. The average molecular weight is 719 g/mol. The third kappa shape index (κ3) is 5.83. The normalized spacial score (nSPS) is 11.8. The van der Waals surface area contributed by atoms with E-state index in [9.17, 15) is 0 Å². The van der Waals surface area contributed by atoms with Crippen LogP contribution in [0.5, 0.6) is 0 Å². The van der Waals surface area contributed by atoms with Crippen molar-refractivity contribution in [3.8, 4) is 33.8 Å². The van der Waals surface area contributed by atoms with Crippen LogP contribution in [0.1, 0.15) is 22.5 Å². The van der Waals surface area contributed by atoms with Crippen molar-refractivity contribution in [2.24, 2.45) is 4.99 Å². The van der Waals surface area contributed by atoms with E-state index in [1.165, 1.54) is 0 Å². The van der Waals surface area contributed by atoms with E-state index in [0.717, 1.165) is 88.2 Å². The molecule has 0 amide bonds. The summed E-state index contributed by atoms with van der Waals surface area (Å²) >= 11 is 0. The first-order valence-corrected chi connectivity index (χ1v) is 18.7. The number of rotatable bonds is 7. The van der Waals surface area contributed by atoms with E-state index in [4.69, 9.17) is 19.4 Å². The first-order valence-electron chi connectivity index (χ1n) is 18.7. The number of nitrogens with zero attached hydrogens (tertiary/aromatic N) is 4. The number of pyridine rings is 1. The number of hydrogen-bond acceptors (Lipinski definition) is 5. The van der Waals surface area contributed by atoms with Crippen molar-refractivity contribution >= 4 is 55.0 Å². The molecule has 3 heterocycles. The molecule has 264 valence electrons. The smallest absolute Gasteiger partial charge is 0.160 e. The van der Waals surface area contributed by atoms with Gasteiger partial charge in [-0.05, 0) is 71.3 Å². The van der Waals surface area contributed by atoms with Gasteiger partial charge in [-0.3, -0.25) is 4.98 Å². The number of benzene rings is 7. The van der Waals surface area contributed by atoms with Gasteiger partial charge in [0.1, 0.15) is 11.3 Å². The number of furan rings is 1. The van der Waals surface area contributed by atoms with Crippen molar-refractivity contribution < 1.29 is 4.42 Å². The van der Waals surface area contributed by atoms with Gasteiger partial charge in [0.05, 0.1) is 22.4 Å². The summed E-state index contributed by atoms with van der Waals surface area (Å²) in [5.74, 6) is 1.34. The third-order valence-electron chi connectivity index (χ3n) is 10.5. The Labute approximate surface area is 324 Å². The van der Waals surface area contributed by atoms with E-state index in [2.05, 4.69) is 140 Å². The van der Waals surface area contributed by atoms with Crippen LogP contribution in [-0.2, 0) is 0 Å². The zero-order valence-corrected chi connectivity index (χ0v) is 30.6. The Hall–Kier alpha value is -7.50. The summed E-state index contributed by atoms with van der Waals surface area (Å²) in [7, 11) is 0. The zero-order valence-electron chi connectivity index (χ0n) is 30.6. The van der Waals surface area contributed by atoms with Crippen molar-refractivity contribution in [2.75, 3.05) is 0 Å². The van der Waals surface area contributed by atoms with E-state index >= 15 is 0 Å². The molecule has 10 rings (SSSR count). The quantitative estimate of drug-likeness (QED) is 0.122. The van der Waals surface area contributed by atoms with E-state index < -0.39 is 0 Å². The molecule has 0 saturated carbocycles. The molecule has 0 N–H and O–H groups in total. The highest BCUT2D eigenvalue weighted by molar-refractivity contribution is 6.17. The molecule has 0 bridgehead atoms. The minimum absolute atomic E-state index is 0.635. The van der Waals surface area contributed by atoms with Gasteiger partial charge in [-0.15, -0.1) is 0 Å². The number of aliphatic imine (C=N–C) groups is 1. The fourth-order valence-corrected chi connectivity index (χ4v) is 7.72. The van der Waals surface area contributed by atoms with E-state index in [1.807, 2.05) is 54.7 Å². The molecule has 56 heavy (non-hydrogen) atoms. The summed E-state index contributed by atoms with van der Waals surface area (Å²) in [6.45, 7) is 6.65. The largest absolute Gasteiger partial charge is 0.454 e. The van der Waals surface area contributed by atoms with E-state index in [-0.39, 0.29) is 0 Å². The van der Waals surface area contributed by atoms with Crippen LogP contribution in [0.15, 0.2) is 192 Å². The maximum atomic E-state index is 6.65. The summed E-state index contributed by atoms with van der Waals surface area (Å²) in [4.78, 5) is 20.4. The molecule has 0 aliphatic heterocycles. The molecule has 0 radical (unpaired) electrons. The lowest BCUT2D eigenvalue weighted by Gasteiger charge is -2.14. The summed E-state index contributed by atoms with van der Waals surface area (Å²) in [5.41, 5.74) is 11.6. The highest BCUT2D eigenvalue weighted by Crippen LogP contribution is 2.37.